The van der Waals surface area contributed by atoms with Crippen LogP contribution in [0.15, 0.2) is 337 Å². The third-order valence-electron chi connectivity index (χ3n) is 22.9. The van der Waals surface area contributed by atoms with Gasteiger partial charge < -0.3 is 38.3 Å². The summed E-state index contributed by atoms with van der Waals surface area (Å²) < 4.78 is 26.6. The molecule has 16 nitrogen and oxygen atoms in total. The first kappa shape index (κ1) is 100. The van der Waals surface area contributed by atoms with Crippen LogP contribution in [0.1, 0.15) is 54.2 Å². The number of aromatic nitrogens is 8. The van der Waals surface area contributed by atoms with Crippen LogP contribution >= 0.6 is 155 Å². The standard InChI is InChI=1S/C30H34N4S.C26H24N3O2S.C25H22N3OS.C25H22N3S.ClH.4HI/c1-32-27-18-10-11-19-28(27)35-30(32)22-25-24-16-8-9-17-26(24)33(23-14-6-5-7-15-23)29(31-25)20-12-13-21-34(2,3)4;1-28-20-12-8-9-13-24(20)32-25(28)15-19-18-14-22(30-3)23(31-4)16-21(18)29(2)26(27-19)17-10-6-5-7-11-17;1-27-22-11-7-8-12-23(22)30-24(27)16-20-19-15-18(29-3)13-14-21(19)28(2)25(26-20)17-9-5-4-6-10-17;1-3-24-26-20(17-25-27(2)22-15-9-10-16-23(22)29-25)19-13-7-8-14-21(19)28(24)18-11-5-4-6-12-18;;;;;/h5-11,14-19,22H,12-13,20-21H2,1-4H3;5-16H,1-4H3;4-16H,1-3H3;4-17H,3H2,1-2H3;5*1H/q+2;3*+1;;;;;. The second-order valence-corrected chi connectivity index (χ2v) is 36.3. The molecule has 668 valence electrons. The number of ether oxygens (including phenoxy) is 3. The van der Waals surface area contributed by atoms with Gasteiger partial charge in [0.25, 0.3) is 0 Å². The molecule has 0 amide bonds. The van der Waals surface area contributed by atoms with Crippen LogP contribution < -0.4 is 52.1 Å². The molecular formula is C106H107ClI4N13O3S4+5. The van der Waals surface area contributed by atoms with E-state index in [1.54, 1.807) is 56.6 Å². The van der Waals surface area contributed by atoms with Gasteiger partial charge in [0, 0.05) is 78.1 Å². The Morgan fingerprint density at radius 3 is 1.06 bits per heavy atom. The fourth-order valence-electron chi connectivity index (χ4n) is 16.4. The lowest BCUT2D eigenvalue weighted by Crippen LogP contribution is -2.39. The van der Waals surface area contributed by atoms with Crippen molar-refractivity contribution in [1.82, 2.24) is 19.9 Å². The van der Waals surface area contributed by atoms with Crippen LogP contribution in [-0.2, 0) is 26.9 Å². The maximum Gasteiger partial charge on any atom is 0.331 e. The molecule has 4 aliphatic rings. The van der Waals surface area contributed by atoms with Gasteiger partial charge in [-0.3, -0.25) is 0 Å². The van der Waals surface area contributed by atoms with E-state index in [9.17, 15) is 0 Å². The topological polar surface area (TPSA) is 108 Å². The summed E-state index contributed by atoms with van der Waals surface area (Å²) in [5.74, 6) is 6.20. The van der Waals surface area contributed by atoms with E-state index in [1.807, 2.05) is 73.4 Å². The average molecular weight is 2280 g/mol. The molecule has 0 saturated carbocycles. The molecule has 4 aliphatic heterocycles. The Kier molecular flexibility index (Phi) is 34.6. The normalized spacial score (nSPS) is 13.9. The number of thioether (sulfide) groups is 4. The first-order chi connectivity index (χ1) is 61.4. The van der Waals surface area contributed by atoms with Gasteiger partial charge in [-0.25, -0.2) is 9.13 Å². The molecule has 0 spiro atoms. The van der Waals surface area contributed by atoms with Crippen LogP contribution in [0.25, 0.3) is 102 Å². The van der Waals surface area contributed by atoms with E-state index < -0.39 is 0 Å². The van der Waals surface area contributed by atoms with Crippen molar-refractivity contribution >= 4 is 246 Å². The minimum Gasteiger partial charge on any atom is -0.497 e. The summed E-state index contributed by atoms with van der Waals surface area (Å²) in [4.78, 5) is 34.7. The number of rotatable bonds is 17. The number of unbranched alkanes of at least 4 members (excludes halogenated alkanes) is 1. The minimum absolute atomic E-state index is 0. The van der Waals surface area contributed by atoms with Crippen molar-refractivity contribution in [1.29, 1.82) is 0 Å². The molecular weight excluding hydrogens is 2170 g/mol. The monoisotopic (exact) mass is 2280 g/mol. The molecule has 0 N–H and O–H groups in total. The summed E-state index contributed by atoms with van der Waals surface area (Å²) in [7, 11) is 24.4. The predicted molar refractivity (Wildman–Crippen MR) is 592 cm³/mol. The van der Waals surface area contributed by atoms with Crippen molar-refractivity contribution in [2.24, 2.45) is 14.1 Å². The second kappa shape index (κ2) is 45.2. The highest BCUT2D eigenvalue weighted by Gasteiger charge is 2.33. The van der Waals surface area contributed by atoms with Crippen molar-refractivity contribution < 1.29 is 37.0 Å². The largest absolute Gasteiger partial charge is 0.497 e. The molecule has 0 saturated heterocycles. The highest BCUT2D eigenvalue weighted by Crippen LogP contribution is 2.50. The first-order valence-corrected chi connectivity index (χ1v) is 45.6. The SMILES string of the molecule is CCc1nc(C=C2Sc3ccccc3N2C)c2ccccc2[n+]1-c1ccccc1.CN1C(=Cc2nc(CCCC[N+](C)(C)C)[n+](-c3ccccc3)c3ccccc23)Sc2ccccc21.COc1cc2c(C=C3Sc4ccccc4N3C)nc(-c3ccccc3)[n+](C)c2cc1OC.COc1ccc2c(c1)c(C=C1Sc3ccccc3N1C)nc(-c1ccccc1)[n+]2C.Cl.I.I.I.I. The van der Waals surface area contributed by atoms with Gasteiger partial charge in [0.2, 0.25) is 0 Å². The molecule has 12 aromatic carbocycles. The van der Waals surface area contributed by atoms with Gasteiger partial charge in [-0.1, -0.05) is 200 Å². The summed E-state index contributed by atoms with van der Waals surface area (Å²) in [6.07, 6.45) is 12.9. The number of aryl methyl sites for hydroxylation is 4. The van der Waals surface area contributed by atoms with Crippen molar-refractivity contribution in [3.05, 3.63) is 352 Å². The number of halogens is 5. The highest BCUT2D eigenvalue weighted by molar-refractivity contribution is 14.0. The van der Waals surface area contributed by atoms with E-state index in [-0.39, 0.29) is 108 Å². The van der Waals surface area contributed by atoms with E-state index in [0.717, 1.165) is 142 Å². The number of hydrogen-bond acceptors (Lipinski definition) is 15. The van der Waals surface area contributed by atoms with E-state index >= 15 is 0 Å². The lowest BCUT2D eigenvalue weighted by atomic mass is 10.1. The third kappa shape index (κ3) is 21.8. The Morgan fingerprint density at radius 1 is 0.344 bits per heavy atom. The van der Waals surface area contributed by atoms with Crippen LogP contribution in [0.4, 0.5) is 22.7 Å². The zero-order valence-electron chi connectivity index (χ0n) is 75.3. The van der Waals surface area contributed by atoms with Gasteiger partial charge in [-0.15, -0.1) is 108 Å². The Bertz CT molecular complexity index is 6920. The number of methoxy groups -OCH3 is 3. The van der Waals surface area contributed by atoms with Crippen LogP contribution in [0, 0.1) is 0 Å². The quantitative estimate of drug-likeness (QED) is 0.0373. The Morgan fingerprint density at radius 2 is 0.679 bits per heavy atom. The van der Waals surface area contributed by atoms with Gasteiger partial charge in [0.1, 0.15) is 39.2 Å². The third-order valence-corrected chi connectivity index (χ3v) is 27.6. The van der Waals surface area contributed by atoms with E-state index in [2.05, 4.69) is 368 Å². The number of fused-ring (bicyclic) bond motifs is 8. The molecule has 8 heterocycles. The molecule has 0 fully saturated rings. The van der Waals surface area contributed by atoms with Crippen molar-refractivity contribution in [3.63, 3.8) is 0 Å². The van der Waals surface area contributed by atoms with Crippen molar-refractivity contribution in [2.45, 2.75) is 52.2 Å². The molecule has 0 unspecified atom stereocenters. The van der Waals surface area contributed by atoms with Crippen LogP contribution in [-0.4, -0.2) is 102 Å². The number of benzene rings is 12. The summed E-state index contributed by atoms with van der Waals surface area (Å²) in [5.41, 5.74) is 17.8. The zero-order valence-corrected chi connectivity index (χ0v) is 88.8. The van der Waals surface area contributed by atoms with E-state index in [4.69, 9.17) is 34.1 Å². The summed E-state index contributed by atoms with van der Waals surface area (Å²) in [6.45, 7) is 3.33. The average Bonchev–Trinajstić information content (AvgIpc) is 1.69. The molecule has 25 heteroatoms. The van der Waals surface area contributed by atoms with Gasteiger partial charge in [-0.2, -0.15) is 9.13 Å². The van der Waals surface area contributed by atoms with Gasteiger partial charge in [0.15, 0.2) is 34.3 Å². The van der Waals surface area contributed by atoms with Crippen molar-refractivity contribution in [2.75, 3.05) is 96.8 Å². The van der Waals surface area contributed by atoms with E-state index in [0.29, 0.717) is 11.5 Å². The smallest absolute Gasteiger partial charge is 0.331 e. The fourth-order valence-corrected chi connectivity index (χ4v) is 20.7. The molecule has 20 rings (SSSR count). The minimum atomic E-state index is 0. The van der Waals surface area contributed by atoms with Crippen LogP contribution in [0.3, 0.4) is 0 Å². The molecule has 0 bridgehead atoms. The van der Waals surface area contributed by atoms with E-state index in [1.165, 1.54) is 75.2 Å². The molecule has 0 radical (unpaired) electrons. The second-order valence-electron chi connectivity index (χ2n) is 32.1. The lowest BCUT2D eigenvalue weighted by molar-refractivity contribution is -0.870. The summed E-state index contributed by atoms with van der Waals surface area (Å²) >= 11 is 7.15. The number of quaternary nitrogens is 1. The molecule has 0 aliphatic carbocycles. The van der Waals surface area contributed by atoms with Crippen LogP contribution in [0.2, 0.25) is 0 Å². The maximum absolute atomic E-state index is 5.60. The summed E-state index contributed by atoms with van der Waals surface area (Å²) in [5, 5.41) is 9.08. The molecule has 131 heavy (non-hydrogen) atoms. The molecule has 4 aromatic heterocycles. The Balaban J connectivity index is 0.000000156. The van der Waals surface area contributed by atoms with Crippen LogP contribution in [0.5, 0.6) is 17.2 Å². The summed E-state index contributed by atoms with van der Waals surface area (Å²) in [6, 6.07) is 103. The number of nitrogens with zero attached hydrogens (tertiary/aromatic N) is 13. The molecule has 0 atom stereocenters. The maximum atomic E-state index is 5.60. The highest BCUT2D eigenvalue weighted by atomic mass is 127. The Labute approximate surface area is 860 Å². The lowest BCUT2D eigenvalue weighted by Gasteiger charge is -2.23. The number of hydrogen-bond donors (Lipinski definition) is 0. The Hall–Kier alpha value is -9.87. The van der Waals surface area contributed by atoms with Gasteiger partial charge >= 0.3 is 23.3 Å². The molecule has 16 aromatic rings. The van der Waals surface area contributed by atoms with Gasteiger partial charge in [0.05, 0.1) is 151 Å². The number of anilines is 4. The fraction of sp³-hybridized carbons (Fsp3) is 0.170. The predicted octanol–water partition coefficient (Wildman–Crippen LogP) is 25.1. The number of para-hydroxylation sites is 8. The zero-order chi connectivity index (χ0) is 87.1. The first-order valence-electron chi connectivity index (χ1n) is 42.3. The van der Waals surface area contributed by atoms with Gasteiger partial charge in [-0.05, 0) is 178 Å². The van der Waals surface area contributed by atoms with Crippen molar-refractivity contribution in [3.8, 4) is 51.4 Å².